The number of nitrogens with one attached hydrogen (secondary N) is 1. The van der Waals surface area contributed by atoms with E-state index in [2.05, 4.69) is 10.1 Å². The van der Waals surface area contributed by atoms with Crippen molar-refractivity contribution < 1.29 is 129 Å². The minimum atomic E-state index is -8.79. The first kappa shape index (κ1) is 62.9. The second-order valence-corrected chi connectivity index (χ2v) is 15.5. The first-order chi connectivity index (χ1) is 31.2. The summed E-state index contributed by atoms with van der Waals surface area (Å²) in [5, 5.41) is 49.6. The number of halogens is 17. The Morgan fingerprint density at radius 3 is 1.30 bits per heavy atom. The number of carboxylic acid groups (broad SMARTS) is 3. The average molecular weight is 1050 g/mol. The molecular weight excluding hydrogens is 1000 g/mol. The second kappa shape index (κ2) is 24.8. The number of aliphatic hydroxyl groups is 2. The van der Waals surface area contributed by atoms with Crippen molar-refractivity contribution in [1.82, 2.24) is 29.8 Å². The minimum absolute atomic E-state index is 0.0173. The zero-order chi connectivity index (χ0) is 53.8. The van der Waals surface area contributed by atoms with E-state index in [9.17, 15) is 124 Å². The lowest BCUT2D eigenvalue weighted by Gasteiger charge is -2.42. The molecule has 0 aromatic rings. The molecule has 0 spiro atoms. The summed E-state index contributed by atoms with van der Waals surface area (Å²) < 4.78 is 235. The van der Waals surface area contributed by atoms with Gasteiger partial charge in [0.05, 0.1) is 45.6 Å². The van der Waals surface area contributed by atoms with E-state index in [0.717, 1.165) is 6.92 Å². The number of alkyl halides is 17. The Kier molecular flexibility index (Phi) is 22.6. The quantitative estimate of drug-likeness (QED) is 0.0413. The third-order valence-corrected chi connectivity index (χ3v) is 10.3. The largest absolute Gasteiger partial charge is 0.480 e. The van der Waals surface area contributed by atoms with Crippen LogP contribution in [0.3, 0.4) is 0 Å². The fraction of sp³-hybridized carbons (Fsp3) is 0.857. The van der Waals surface area contributed by atoms with E-state index >= 15 is 0 Å². The van der Waals surface area contributed by atoms with Gasteiger partial charge in [0, 0.05) is 85.0 Å². The number of aliphatic carboxylic acids is 3. The third-order valence-electron chi connectivity index (χ3n) is 10.3. The minimum Gasteiger partial charge on any atom is -0.480 e. The van der Waals surface area contributed by atoms with E-state index in [1.54, 1.807) is 4.90 Å². The van der Waals surface area contributed by atoms with Crippen LogP contribution in [0.4, 0.5) is 74.6 Å². The SMILES string of the molecule is CC(C(=O)NCCN1CCN(CC(=O)O)CCN(CC(=O)O)CCN(CC(=O)O)CC1)C(=O)N(CCOCCC(F)(F)C(F)(F)C(F)(F)C(F)(F)C(F)(F)C(F)(F)C(F)(F)C(F)(F)F)CC(O)CO. The number of rotatable bonds is 26. The highest BCUT2D eigenvalue weighted by Gasteiger charge is 2.95. The van der Waals surface area contributed by atoms with Gasteiger partial charge < -0.3 is 40.5 Å². The average Bonchev–Trinajstić information content (AvgIpc) is 3.21. The van der Waals surface area contributed by atoms with Gasteiger partial charge in [-0.25, -0.2) is 0 Å². The normalized spacial score (nSPS) is 17.9. The molecule has 2 amide bonds. The van der Waals surface area contributed by atoms with E-state index in [0.29, 0.717) is 4.90 Å². The summed E-state index contributed by atoms with van der Waals surface area (Å²) in [5.41, 5.74) is 0. The van der Waals surface area contributed by atoms with Crippen LogP contribution in [0.25, 0.3) is 0 Å². The second-order valence-electron chi connectivity index (χ2n) is 15.5. The summed E-state index contributed by atoms with van der Waals surface area (Å²) in [4.78, 5) is 67.4. The van der Waals surface area contributed by atoms with Gasteiger partial charge in [0.2, 0.25) is 11.8 Å². The summed E-state index contributed by atoms with van der Waals surface area (Å²) in [6.45, 7) is -5.89. The third kappa shape index (κ3) is 15.9. The predicted octanol–water partition coefficient (Wildman–Crippen LogP) is 1.81. The van der Waals surface area contributed by atoms with Crippen LogP contribution in [0.5, 0.6) is 0 Å². The summed E-state index contributed by atoms with van der Waals surface area (Å²) in [6, 6.07) is 0. The van der Waals surface area contributed by atoms with Gasteiger partial charge in [0.15, 0.2) is 0 Å². The van der Waals surface area contributed by atoms with Crippen LogP contribution in [0, 0.1) is 5.92 Å². The molecule has 69 heavy (non-hydrogen) atoms. The highest BCUT2D eigenvalue weighted by molar-refractivity contribution is 5.99. The predicted molar refractivity (Wildman–Crippen MR) is 197 cm³/mol. The molecule has 0 aromatic carbocycles. The van der Waals surface area contributed by atoms with Crippen LogP contribution in [0.2, 0.25) is 0 Å². The van der Waals surface area contributed by atoms with E-state index in [1.165, 1.54) is 14.7 Å². The van der Waals surface area contributed by atoms with Gasteiger partial charge in [0.25, 0.3) is 0 Å². The van der Waals surface area contributed by atoms with Crippen molar-refractivity contribution in [3.05, 3.63) is 0 Å². The van der Waals surface area contributed by atoms with Crippen molar-refractivity contribution in [2.24, 2.45) is 5.92 Å². The molecule has 2 atom stereocenters. The fourth-order valence-corrected chi connectivity index (χ4v) is 6.16. The maximum absolute atomic E-state index is 14.3. The molecule has 1 fully saturated rings. The molecule has 0 aliphatic carbocycles. The molecule has 0 bridgehead atoms. The monoisotopic (exact) mass is 1050 g/mol. The van der Waals surface area contributed by atoms with E-state index in [-0.39, 0.29) is 65.4 Å². The van der Waals surface area contributed by atoms with Crippen LogP contribution < -0.4 is 5.32 Å². The van der Waals surface area contributed by atoms with Crippen LogP contribution in [0.15, 0.2) is 0 Å². The molecular formula is C35H49F17N6O11. The number of aliphatic hydroxyl groups excluding tert-OH is 2. The lowest BCUT2D eigenvalue weighted by Crippen LogP contribution is -2.74. The van der Waals surface area contributed by atoms with E-state index < -0.39 is 148 Å². The summed E-state index contributed by atoms with van der Waals surface area (Å²) in [7, 11) is 0. The number of carboxylic acids is 3. The first-order valence-corrected chi connectivity index (χ1v) is 19.9. The van der Waals surface area contributed by atoms with Crippen LogP contribution in [0.1, 0.15) is 13.3 Å². The maximum Gasteiger partial charge on any atom is 0.460 e. The highest BCUT2D eigenvalue weighted by Crippen LogP contribution is 2.64. The Morgan fingerprint density at radius 2 is 0.942 bits per heavy atom. The highest BCUT2D eigenvalue weighted by atomic mass is 19.4. The van der Waals surface area contributed by atoms with Crippen molar-refractivity contribution in [3.8, 4) is 0 Å². The number of nitrogens with zero attached hydrogens (tertiary/aromatic N) is 5. The topological polar surface area (TPSA) is 224 Å². The number of hydrogen-bond donors (Lipinski definition) is 6. The first-order valence-electron chi connectivity index (χ1n) is 19.9. The zero-order valence-corrected chi connectivity index (χ0v) is 35.9. The molecule has 6 N–H and O–H groups in total. The Bertz CT molecular complexity index is 1690. The molecule has 1 heterocycles. The summed E-state index contributed by atoms with van der Waals surface area (Å²) >= 11 is 0. The van der Waals surface area contributed by atoms with Crippen molar-refractivity contribution in [2.45, 2.75) is 67.1 Å². The Hall–Kier alpha value is -4.12. The van der Waals surface area contributed by atoms with Crippen LogP contribution in [-0.4, -0.2) is 251 Å². The molecule has 1 saturated heterocycles. The van der Waals surface area contributed by atoms with Gasteiger partial charge in [-0.3, -0.25) is 43.6 Å². The molecule has 34 heteroatoms. The Morgan fingerprint density at radius 1 is 0.580 bits per heavy atom. The molecule has 0 aromatic heterocycles. The standard InChI is InChI=1S/C35H49F17N6O11/c1-21(26(67)53-3-4-54-5-7-55(17-23(61)62)9-11-57(19-25(65)66)12-10-56(8-6-54)18-24(63)64)27(68)58(16-22(60)20-59)13-15-69-14-2-28(36,37)29(38,39)30(40,41)31(42,43)32(44,45)33(46,47)34(48,49)35(50,51)52/h21-22,59-60H,2-20H2,1H3,(H,53,67)(H,61,62)(H,63,64)(H,65,66). The van der Waals surface area contributed by atoms with Gasteiger partial charge >= 0.3 is 65.5 Å². The van der Waals surface area contributed by atoms with Crippen molar-refractivity contribution in [1.29, 1.82) is 0 Å². The number of carbonyl (C=O) groups excluding carboxylic acids is 2. The lowest BCUT2D eigenvalue weighted by molar-refractivity contribution is -0.462. The van der Waals surface area contributed by atoms with Gasteiger partial charge in [-0.15, -0.1) is 0 Å². The van der Waals surface area contributed by atoms with Crippen molar-refractivity contribution >= 4 is 29.7 Å². The van der Waals surface area contributed by atoms with Crippen LogP contribution in [-0.2, 0) is 28.7 Å². The van der Waals surface area contributed by atoms with Gasteiger partial charge in [0.1, 0.15) is 5.92 Å². The zero-order valence-electron chi connectivity index (χ0n) is 35.9. The molecule has 1 rings (SSSR count). The molecule has 0 radical (unpaired) electrons. The summed E-state index contributed by atoms with van der Waals surface area (Å²) in [5.74, 6) is -65.2. The van der Waals surface area contributed by atoms with Crippen LogP contribution >= 0.6 is 0 Å². The number of carbonyl (C=O) groups is 5. The summed E-state index contributed by atoms with van der Waals surface area (Å²) in [6.07, 6.45) is -12.6. The molecule has 404 valence electrons. The van der Waals surface area contributed by atoms with Crippen molar-refractivity contribution in [3.63, 3.8) is 0 Å². The van der Waals surface area contributed by atoms with Gasteiger partial charge in [-0.05, 0) is 6.92 Å². The molecule has 1 aliphatic rings. The van der Waals surface area contributed by atoms with Gasteiger partial charge in [-0.1, -0.05) is 0 Å². The molecule has 0 saturated carbocycles. The Balaban J connectivity index is 3.08. The smallest absolute Gasteiger partial charge is 0.460 e. The number of hydrogen-bond acceptors (Lipinski definition) is 12. The number of amides is 2. The van der Waals surface area contributed by atoms with Crippen molar-refractivity contribution in [2.75, 3.05) is 118 Å². The van der Waals surface area contributed by atoms with Gasteiger partial charge in [-0.2, -0.15) is 74.6 Å². The number of ether oxygens (including phenoxy) is 1. The van der Waals surface area contributed by atoms with E-state index in [4.69, 9.17) is 0 Å². The lowest BCUT2D eigenvalue weighted by atomic mass is 9.88. The van der Waals surface area contributed by atoms with E-state index in [1.807, 2.05) is 0 Å². The molecule has 1 aliphatic heterocycles. The Labute approximate surface area is 379 Å². The fourth-order valence-electron chi connectivity index (χ4n) is 6.16. The molecule has 2 unspecified atom stereocenters. The maximum atomic E-state index is 14.3. The molecule has 17 nitrogen and oxygen atoms in total.